The minimum absolute atomic E-state index is 0.0212. The zero-order valence-corrected chi connectivity index (χ0v) is 11.4. The van der Waals surface area contributed by atoms with Gasteiger partial charge in [0.1, 0.15) is 5.75 Å². The first-order valence-corrected chi connectivity index (χ1v) is 6.27. The number of aromatic hydroxyl groups is 1. The minimum Gasteiger partial charge on any atom is -0.508 e. The van der Waals surface area contributed by atoms with Crippen LogP contribution in [-0.4, -0.2) is 54.5 Å². The van der Waals surface area contributed by atoms with Crippen LogP contribution in [0.4, 0.5) is 0 Å². The van der Waals surface area contributed by atoms with Gasteiger partial charge in [0, 0.05) is 18.7 Å². The molecule has 1 N–H and O–H groups in total. The molecule has 0 saturated carbocycles. The quantitative estimate of drug-likeness (QED) is 0.837. The highest BCUT2D eigenvalue weighted by Gasteiger charge is 2.13. The van der Waals surface area contributed by atoms with Crippen molar-refractivity contribution in [1.29, 1.82) is 0 Å². The third-order valence-electron chi connectivity index (χ3n) is 2.80. The van der Waals surface area contributed by atoms with E-state index in [4.69, 9.17) is 0 Å². The van der Waals surface area contributed by atoms with Gasteiger partial charge in [0.2, 0.25) is 0 Å². The number of hydrogen-bond acceptors (Lipinski definition) is 3. The van der Waals surface area contributed by atoms with Gasteiger partial charge in [-0.2, -0.15) is 0 Å². The van der Waals surface area contributed by atoms with Crippen LogP contribution in [0.2, 0.25) is 0 Å². The molecular formula is C14H22N2O2. The normalized spacial score (nSPS) is 10.7. The fraction of sp³-hybridized carbons (Fsp3) is 0.500. The molecule has 0 fully saturated rings. The zero-order chi connectivity index (χ0) is 13.5. The zero-order valence-electron chi connectivity index (χ0n) is 11.4. The van der Waals surface area contributed by atoms with Crippen molar-refractivity contribution in [2.24, 2.45) is 0 Å². The van der Waals surface area contributed by atoms with E-state index in [1.54, 1.807) is 23.1 Å². The summed E-state index contributed by atoms with van der Waals surface area (Å²) in [5, 5.41) is 9.39. The van der Waals surface area contributed by atoms with Gasteiger partial charge in [0.15, 0.2) is 0 Å². The van der Waals surface area contributed by atoms with Crippen LogP contribution in [-0.2, 0) is 0 Å². The van der Waals surface area contributed by atoms with Gasteiger partial charge in [0.25, 0.3) is 5.91 Å². The number of rotatable bonds is 6. The second-order valence-corrected chi connectivity index (χ2v) is 4.59. The fourth-order valence-electron chi connectivity index (χ4n) is 1.80. The summed E-state index contributed by atoms with van der Waals surface area (Å²) in [6, 6.07) is 6.50. The second-order valence-electron chi connectivity index (χ2n) is 4.59. The highest BCUT2D eigenvalue weighted by Crippen LogP contribution is 2.13. The van der Waals surface area contributed by atoms with E-state index < -0.39 is 0 Å². The van der Waals surface area contributed by atoms with Crippen LogP contribution in [0.15, 0.2) is 24.3 Å². The molecule has 0 atom stereocenters. The Hall–Kier alpha value is -1.55. The summed E-state index contributed by atoms with van der Waals surface area (Å²) in [6.07, 6.45) is 0.950. The number of amides is 1. The fourth-order valence-corrected chi connectivity index (χ4v) is 1.80. The Morgan fingerprint density at radius 3 is 2.56 bits per heavy atom. The van der Waals surface area contributed by atoms with Gasteiger partial charge in [-0.05, 0) is 52.2 Å². The molecule has 1 aromatic rings. The van der Waals surface area contributed by atoms with Gasteiger partial charge in [-0.25, -0.2) is 0 Å². The summed E-state index contributed by atoms with van der Waals surface area (Å²) in [7, 11) is 4.04. The first-order valence-electron chi connectivity index (χ1n) is 6.27. The molecule has 1 amide bonds. The Labute approximate surface area is 109 Å². The summed E-state index contributed by atoms with van der Waals surface area (Å²) in [5.41, 5.74) is 0.543. The van der Waals surface area contributed by atoms with Crippen molar-refractivity contribution in [2.75, 3.05) is 33.7 Å². The van der Waals surface area contributed by atoms with Gasteiger partial charge < -0.3 is 14.9 Å². The molecular weight excluding hydrogens is 228 g/mol. The Morgan fingerprint density at radius 2 is 2.00 bits per heavy atom. The maximum Gasteiger partial charge on any atom is 0.253 e. The molecule has 18 heavy (non-hydrogen) atoms. The van der Waals surface area contributed by atoms with Crippen LogP contribution in [0, 0.1) is 0 Å². The summed E-state index contributed by atoms with van der Waals surface area (Å²) >= 11 is 0. The van der Waals surface area contributed by atoms with Crippen LogP contribution in [0.25, 0.3) is 0 Å². The van der Waals surface area contributed by atoms with Crippen molar-refractivity contribution < 1.29 is 9.90 Å². The summed E-state index contributed by atoms with van der Waals surface area (Å²) in [5.74, 6) is 0.109. The molecule has 0 aliphatic carbocycles. The lowest BCUT2D eigenvalue weighted by Gasteiger charge is -2.22. The van der Waals surface area contributed by atoms with Crippen LogP contribution < -0.4 is 0 Å². The van der Waals surface area contributed by atoms with Crippen molar-refractivity contribution >= 4 is 5.91 Å². The third kappa shape index (κ3) is 4.37. The molecule has 4 heteroatoms. The van der Waals surface area contributed by atoms with Gasteiger partial charge in [-0.1, -0.05) is 6.07 Å². The van der Waals surface area contributed by atoms with E-state index in [2.05, 4.69) is 4.90 Å². The molecule has 0 radical (unpaired) electrons. The molecule has 0 heterocycles. The molecule has 0 unspecified atom stereocenters. The number of phenolic OH excluding ortho intramolecular Hbond substituents is 1. The Morgan fingerprint density at radius 1 is 1.28 bits per heavy atom. The number of phenols is 1. The molecule has 0 bridgehead atoms. The average molecular weight is 250 g/mol. The van der Waals surface area contributed by atoms with E-state index in [0.717, 1.165) is 19.5 Å². The van der Waals surface area contributed by atoms with Crippen molar-refractivity contribution in [3.63, 3.8) is 0 Å². The third-order valence-corrected chi connectivity index (χ3v) is 2.80. The van der Waals surface area contributed by atoms with E-state index in [1.807, 2.05) is 21.0 Å². The number of hydrogen-bond donors (Lipinski definition) is 1. The Bertz CT molecular complexity index is 391. The second kappa shape index (κ2) is 7.01. The maximum absolute atomic E-state index is 12.2. The molecule has 1 rings (SSSR count). The Balaban J connectivity index is 2.62. The number of benzene rings is 1. The molecule has 0 aliphatic heterocycles. The van der Waals surface area contributed by atoms with E-state index in [0.29, 0.717) is 12.1 Å². The Kier molecular flexibility index (Phi) is 5.65. The largest absolute Gasteiger partial charge is 0.508 e. The van der Waals surface area contributed by atoms with Crippen LogP contribution in [0.5, 0.6) is 5.75 Å². The molecule has 1 aromatic carbocycles. The smallest absolute Gasteiger partial charge is 0.253 e. The van der Waals surface area contributed by atoms with Crippen molar-refractivity contribution in [3.8, 4) is 5.75 Å². The number of carbonyl (C=O) groups is 1. The average Bonchev–Trinajstić information content (AvgIpc) is 2.33. The first kappa shape index (κ1) is 14.5. The number of nitrogens with zero attached hydrogens (tertiary/aromatic N) is 2. The summed E-state index contributed by atoms with van der Waals surface area (Å²) in [4.78, 5) is 16.1. The first-order chi connectivity index (χ1) is 8.54. The van der Waals surface area contributed by atoms with E-state index in [-0.39, 0.29) is 11.7 Å². The van der Waals surface area contributed by atoms with Crippen LogP contribution >= 0.6 is 0 Å². The molecule has 0 aromatic heterocycles. The van der Waals surface area contributed by atoms with Gasteiger partial charge >= 0.3 is 0 Å². The van der Waals surface area contributed by atoms with Gasteiger partial charge in [-0.15, -0.1) is 0 Å². The SMILES string of the molecule is CCN(CCCN(C)C)C(=O)c1cccc(O)c1. The van der Waals surface area contributed by atoms with Crippen molar-refractivity contribution in [3.05, 3.63) is 29.8 Å². The van der Waals surface area contributed by atoms with Crippen molar-refractivity contribution in [2.45, 2.75) is 13.3 Å². The predicted octanol–water partition coefficient (Wildman–Crippen LogP) is 1.81. The molecule has 0 saturated heterocycles. The lowest BCUT2D eigenvalue weighted by Crippen LogP contribution is -2.33. The van der Waals surface area contributed by atoms with Crippen molar-refractivity contribution in [1.82, 2.24) is 9.80 Å². The highest BCUT2D eigenvalue weighted by molar-refractivity contribution is 5.94. The molecule has 100 valence electrons. The maximum atomic E-state index is 12.2. The summed E-state index contributed by atoms with van der Waals surface area (Å²) < 4.78 is 0. The molecule has 4 nitrogen and oxygen atoms in total. The van der Waals surface area contributed by atoms with E-state index >= 15 is 0 Å². The standard InChI is InChI=1S/C14H22N2O2/c1-4-16(10-6-9-15(2)3)14(18)12-7-5-8-13(17)11-12/h5,7-8,11,17H,4,6,9-10H2,1-3H3. The lowest BCUT2D eigenvalue weighted by molar-refractivity contribution is 0.0759. The lowest BCUT2D eigenvalue weighted by atomic mass is 10.2. The van der Waals surface area contributed by atoms with E-state index in [9.17, 15) is 9.90 Å². The van der Waals surface area contributed by atoms with Crippen LogP contribution in [0.1, 0.15) is 23.7 Å². The van der Waals surface area contributed by atoms with Gasteiger partial charge in [-0.3, -0.25) is 4.79 Å². The monoisotopic (exact) mass is 250 g/mol. The number of carbonyl (C=O) groups excluding carboxylic acids is 1. The van der Waals surface area contributed by atoms with Crippen LogP contribution in [0.3, 0.4) is 0 Å². The summed E-state index contributed by atoms with van der Waals surface area (Å²) in [6.45, 7) is 4.35. The highest BCUT2D eigenvalue weighted by atomic mass is 16.3. The topological polar surface area (TPSA) is 43.8 Å². The molecule has 0 aliphatic rings. The predicted molar refractivity (Wildman–Crippen MR) is 72.9 cm³/mol. The van der Waals surface area contributed by atoms with Gasteiger partial charge in [0.05, 0.1) is 0 Å². The molecule has 0 spiro atoms. The van der Waals surface area contributed by atoms with E-state index in [1.165, 1.54) is 6.07 Å². The minimum atomic E-state index is -0.0212.